The molecule has 2 aliphatic rings. The molecule has 2 heteroatoms. The first kappa shape index (κ1) is 9.68. The van der Waals surface area contributed by atoms with Crippen LogP contribution < -0.4 is 0 Å². The summed E-state index contributed by atoms with van der Waals surface area (Å²) in [5, 5.41) is 11.2. The number of rotatable bonds is 2. The van der Waals surface area contributed by atoms with Gasteiger partial charge in [0.05, 0.1) is 5.60 Å². The molecule has 2 unspecified atom stereocenters. The van der Waals surface area contributed by atoms with Gasteiger partial charge in [0.25, 0.3) is 0 Å². The Morgan fingerprint density at radius 3 is 2.40 bits per heavy atom. The molecule has 0 spiro atoms. The fourth-order valence-corrected chi connectivity index (χ4v) is 3.37. The maximum atomic E-state index is 10.4. The third-order valence-corrected chi connectivity index (χ3v) is 4.34. The van der Waals surface area contributed by atoms with Gasteiger partial charge in [-0.15, -0.1) is 0 Å². The van der Waals surface area contributed by atoms with Crippen LogP contribution in [0.5, 0.6) is 0 Å². The van der Waals surface area contributed by atoms with E-state index in [1.165, 1.54) is 24.8 Å². The highest BCUT2D eigenvalue weighted by atomic mass is 35.5. The normalized spacial score (nSPS) is 37.7. The molecule has 1 aromatic carbocycles. The van der Waals surface area contributed by atoms with Gasteiger partial charge >= 0.3 is 0 Å². The molecule has 2 saturated carbocycles. The zero-order valence-electron chi connectivity index (χ0n) is 8.62. The summed E-state index contributed by atoms with van der Waals surface area (Å²) in [6.07, 6.45) is 4.54. The van der Waals surface area contributed by atoms with Gasteiger partial charge in [-0.2, -0.15) is 0 Å². The molecule has 2 fully saturated rings. The van der Waals surface area contributed by atoms with Crippen molar-refractivity contribution in [2.45, 2.75) is 31.3 Å². The summed E-state index contributed by atoms with van der Waals surface area (Å²) in [5.74, 6) is 1.15. The summed E-state index contributed by atoms with van der Waals surface area (Å²) < 4.78 is 0. The smallest absolute Gasteiger partial charge is 0.0751 e. The quantitative estimate of drug-likeness (QED) is 0.816. The molecular weight excluding hydrogens is 208 g/mol. The van der Waals surface area contributed by atoms with Gasteiger partial charge in [0, 0.05) is 11.4 Å². The van der Waals surface area contributed by atoms with Crippen LogP contribution in [0.15, 0.2) is 24.3 Å². The van der Waals surface area contributed by atoms with E-state index in [4.69, 9.17) is 11.6 Å². The summed E-state index contributed by atoms with van der Waals surface area (Å²) in [6, 6.07) is 7.85. The van der Waals surface area contributed by atoms with Crippen LogP contribution in [-0.2, 0) is 6.42 Å². The molecule has 0 saturated heterocycles. The first-order chi connectivity index (χ1) is 7.20. The van der Waals surface area contributed by atoms with Gasteiger partial charge in [-0.1, -0.05) is 30.2 Å². The highest BCUT2D eigenvalue weighted by Crippen LogP contribution is 2.61. The van der Waals surface area contributed by atoms with Crippen LogP contribution in [0.3, 0.4) is 0 Å². The lowest BCUT2D eigenvalue weighted by Crippen LogP contribution is -2.18. The van der Waals surface area contributed by atoms with E-state index in [0.29, 0.717) is 11.8 Å². The second-order valence-electron chi connectivity index (χ2n) is 4.94. The van der Waals surface area contributed by atoms with Crippen LogP contribution in [0.25, 0.3) is 0 Å². The number of hydrogen-bond donors (Lipinski definition) is 1. The standard InChI is InChI=1S/C13H15ClO/c14-10-6-4-9(5-7-10)8-13(15)11-2-1-3-12(11)13/h4-7,11-12,15H,1-3,8H2. The summed E-state index contributed by atoms with van der Waals surface area (Å²) in [7, 11) is 0. The molecule has 0 heterocycles. The molecule has 80 valence electrons. The van der Waals surface area contributed by atoms with Gasteiger partial charge in [-0.25, -0.2) is 0 Å². The summed E-state index contributed by atoms with van der Waals surface area (Å²) >= 11 is 5.83. The van der Waals surface area contributed by atoms with E-state index in [9.17, 15) is 5.11 Å². The van der Waals surface area contributed by atoms with E-state index in [1.54, 1.807) is 0 Å². The number of fused-ring (bicyclic) bond motifs is 1. The highest BCUT2D eigenvalue weighted by Gasteiger charge is 2.64. The third-order valence-electron chi connectivity index (χ3n) is 4.09. The Kier molecular flexibility index (Phi) is 2.08. The second-order valence-corrected chi connectivity index (χ2v) is 5.37. The van der Waals surface area contributed by atoms with Crippen LogP contribution in [0.4, 0.5) is 0 Å². The Labute approximate surface area is 95.1 Å². The van der Waals surface area contributed by atoms with Crippen molar-refractivity contribution < 1.29 is 5.11 Å². The number of halogens is 1. The predicted octanol–water partition coefficient (Wildman–Crippen LogP) is 3.04. The van der Waals surface area contributed by atoms with Crippen molar-refractivity contribution in [3.63, 3.8) is 0 Å². The monoisotopic (exact) mass is 222 g/mol. The van der Waals surface area contributed by atoms with E-state index in [0.717, 1.165) is 11.4 Å². The molecule has 15 heavy (non-hydrogen) atoms. The molecule has 0 radical (unpaired) electrons. The van der Waals surface area contributed by atoms with Gasteiger partial charge in [0.2, 0.25) is 0 Å². The zero-order chi connectivity index (χ0) is 10.5. The summed E-state index contributed by atoms with van der Waals surface area (Å²) in [5.41, 5.74) is 0.822. The third kappa shape index (κ3) is 1.49. The maximum Gasteiger partial charge on any atom is 0.0751 e. The molecule has 1 N–H and O–H groups in total. The van der Waals surface area contributed by atoms with Crippen LogP contribution in [0.1, 0.15) is 24.8 Å². The summed E-state index contributed by atoms with van der Waals surface area (Å²) in [6.45, 7) is 0. The van der Waals surface area contributed by atoms with Gasteiger partial charge in [-0.05, 0) is 42.4 Å². The SMILES string of the molecule is OC1(Cc2ccc(Cl)cc2)C2CCCC21. The molecule has 0 aromatic heterocycles. The van der Waals surface area contributed by atoms with Gasteiger partial charge < -0.3 is 5.11 Å². The van der Waals surface area contributed by atoms with Crippen molar-refractivity contribution >= 4 is 11.6 Å². The van der Waals surface area contributed by atoms with Crippen molar-refractivity contribution in [3.8, 4) is 0 Å². The van der Waals surface area contributed by atoms with Crippen LogP contribution >= 0.6 is 11.6 Å². The zero-order valence-corrected chi connectivity index (χ0v) is 9.37. The van der Waals surface area contributed by atoms with Crippen molar-refractivity contribution in [1.29, 1.82) is 0 Å². The lowest BCUT2D eigenvalue weighted by Gasteiger charge is -2.14. The molecule has 2 atom stereocenters. The van der Waals surface area contributed by atoms with E-state index < -0.39 is 0 Å². The number of aliphatic hydroxyl groups is 1. The van der Waals surface area contributed by atoms with Gasteiger partial charge in [0.15, 0.2) is 0 Å². The minimum absolute atomic E-state index is 0.383. The van der Waals surface area contributed by atoms with Crippen molar-refractivity contribution in [2.75, 3.05) is 0 Å². The fraction of sp³-hybridized carbons (Fsp3) is 0.538. The number of hydrogen-bond acceptors (Lipinski definition) is 1. The molecule has 2 aliphatic carbocycles. The lowest BCUT2D eigenvalue weighted by atomic mass is 9.99. The van der Waals surface area contributed by atoms with Gasteiger partial charge in [0.1, 0.15) is 0 Å². The van der Waals surface area contributed by atoms with Crippen molar-refractivity contribution in [2.24, 2.45) is 11.8 Å². The van der Waals surface area contributed by atoms with Crippen molar-refractivity contribution in [1.82, 2.24) is 0 Å². The molecule has 0 aliphatic heterocycles. The minimum atomic E-state index is -0.383. The second kappa shape index (κ2) is 3.23. The average molecular weight is 223 g/mol. The fourth-order valence-electron chi connectivity index (χ4n) is 3.24. The van der Waals surface area contributed by atoms with E-state index in [2.05, 4.69) is 0 Å². The topological polar surface area (TPSA) is 20.2 Å². The van der Waals surface area contributed by atoms with E-state index in [-0.39, 0.29) is 5.60 Å². The Morgan fingerprint density at radius 2 is 1.80 bits per heavy atom. The minimum Gasteiger partial charge on any atom is -0.389 e. The van der Waals surface area contributed by atoms with Gasteiger partial charge in [-0.3, -0.25) is 0 Å². The molecule has 1 nitrogen and oxygen atoms in total. The van der Waals surface area contributed by atoms with Crippen LogP contribution in [-0.4, -0.2) is 10.7 Å². The van der Waals surface area contributed by atoms with E-state index >= 15 is 0 Å². The first-order valence-corrected chi connectivity index (χ1v) is 6.05. The van der Waals surface area contributed by atoms with E-state index in [1.807, 2.05) is 24.3 Å². The van der Waals surface area contributed by atoms with Crippen LogP contribution in [0.2, 0.25) is 5.02 Å². The Morgan fingerprint density at radius 1 is 1.20 bits per heavy atom. The Bertz CT molecular complexity index is 361. The maximum absolute atomic E-state index is 10.4. The Balaban J connectivity index is 1.74. The Hall–Kier alpha value is -0.530. The predicted molar refractivity (Wildman–Crippen MR) is 60.9 cm³/mol. The van der Waals surface area contributed by atoms with Crippen LogP contribution in [0, 0.1) is 11.8 Å². The molecule has 1 aromatic rings. The molecule has 3 rings (SSSR count). The number of benzene rings is 1. The highest BCUT2D eigenvalue weighted by molar-refractivity contribution is 6.30. The van der Waals surface area contributed by atoms with Crippen molar-refractivity contribution in [3.05, 3.63) is 34.9 Å². The lowest BCUT2D eigenvalue weighted by molar-refractivity contribution is 0.107. The molecule has 0 amide bonds. The molecule has 0 bridgehead atoms. The summed E-state index contributed by atoms with van der Waals surface area (Å²) in [4.78, 5) is 0. The molecular formula is C13H15ClO. The average Bonchev–Trinajstić information content (AvgIpc) is 2.67. The largest absolute Gasteiger partial charge is 0.389 e. The first-order valence-electron chi connectivity index (χ1n) is 5.67.